The van der Waals surface area contributed by atoms with E-state index in [1.54, 1.807) is 13.8 Å². The number of fused-ring (bicyclic) bond motifs is 1. The molecule has 0 radical (unpaired) electrons. The van der Waals surface area contributed by atoms with E-state index in [0.29, 0.717) is 6.42 Å². The molecule has 2 amide bonds. The Morgan fingerprint density at radius 2 is 1.88 bits per heavy atom. The minimum absolute atomic E-state index is 0.213. The van der Waals surface area contributed by atoms with E-state index in [9.17, 15) is 9.59 Å². The van der Waals surface area contributed by atoms with Crippen LogP contribution in [0.25, 0.3) is 10.8 Å². The number of carbonyl (C=O) groups is 2. The van der Waals surface area contributed by atoms with Gasteiger partial charge in [-0.1, -0.05) is 42.5 Å². The van der Waals surface area contributed by atoms with Crippen molar-refractivity contribution >= 4 is 22.8 Å². The monoisotopic (exact) mass is 339 g/mol. The van der Waals surface area contributed by atoms with E-state index in [-0.39, 0.29) is 6.61 Å². The predicted octanol–water partition coefficient (Wildman–Crippen LogP) is 2.53. The van der Waals surface area contributed by atoms with E-state index in [2.05, 4.69) is 10.6 Å². The number of hydrogen-bond donors (Lipinski definition) is 2. The molecule has 6 heteroatoms. The second-order valence-electron chi connectivity index (χ2n) is 5.66. The maximum absolute atomic E-state index is 12.4. The summed E-state index contributed by atoms with van der Waals surface area (Å²) < 4.78 is 4.87. The van der Waals surface area contributed by atoms with E-state index in [0.717, 1.165) is 16.3 Å². The van der Waals surface area contributed by atoms with Crippen molar-refractivity contribution < 1.29 is 14.3 Å². The lowest BCUT2D eigenvalue weighted by molar-refractivity contribution is -0.123. The van der Waals surface area contributed by atoms with Gasteiger partial charge in [-0.05, 0) is 30.2 Å². The second kappa shape index (κ2) is 8.69. The Balaban J connectivity index is 2.19. The fraction of sp³-hybridized carbons (Fsp3) is 0.316. The summed E-state index contributed by atoms with van der Waals surface area (Å²) in [5.74, 6) is -0.421. The van der Waals surface area contributed by atoms with Crippen LogP contribution in [0.15, 0.2) is 42.5 Å². The zero-order chi connectivity index (χ0) is 18.2. The number of nitrogens with zero attached hydrogens (tertiary/aromatic N) is 1. The molecule has 0 aromatic heterocycles. The quantitative estimate of drug-likeness (QED) is 0.846. The van der Waals surface area contributed by atoms with Gasteiger partial charge in [-0.15, -0.1) is 0 Å². The third kappa shape index (κ3) is 5.21. The lowest BCUT2D eigenvalue weighted by Crippen LogP contribution is -2.50. The van der Waals surface area contributed by atoms with Crippen LogP contribution in [0.1, 0.15) is 19.4 Å². The topological polar surface area (TPSA) is 91.2 Å². The highest BCUT2D eigenvalue weighted by Crippen LogP contribution is 2.17. The number of hydrogen-bond acceptors (Lipinski definition) is 4. The fourth-order valence-electron chi connectivity index (χ4n) is 2.47. The van der Waals surface area contributed by atoms with Crippen molar-refractivity contribution in [3.05, 3.63) is 48.0 Å². The van der Waals surface area contributed by atoms with Crippen LogP contribution in [0.3, 0.4) is 0 Å². The van der Waals surface area contributed by atoms with Crippen LogP contribution >= 0.6 is 0 Å². The Kier molecular flexibility index (Phi) is 6.35. The number of carbonyl (C=O) groups excluding carboxylic acids is 2. The highest BCUT2D eigenvalue weighted by molar-refractivity contribution is 5.87. The molecule has 0 saturated carbocycles. The molecule has 0 fully saturated rings. The van der Waals surface area contributed by atoms with Crippen molar-refractivity contribution in [2.24, 2.45) is 0 Å². The van der Waals surface area contributed by atoms with Crippen LogP contribution < -0.4 is 10.6 Å². The van der Waals surface area contributed by atoms with Crippen LogP contribution in [0.2, 0.25) is 0 Å². The molecule has 2 unspecified atom stereocenters. The molecule has 2 atom stereocenters. The average Bonchev–Trinajstić information content (AvgIpc) is 2.61. The van der Waals surface area contributed by atoms with Crippen LogP contribution in [0.5, 0.6) is 0 Å². The molecule has 0 aliphatic heterocycles. The van der Waals surface area contributed by atoms with E-state index in [4.69, 9.17) is 10.00 Å². The van der Waals surface area contributed by atoms with Gasteiger partial charge in [0.15, 0.2) is 0 Å². The Hall–Kier alpha value is -3.07. The summed E-state index contributed by atoms with van der Waals surface area (Å²) in [5, 5.41) is 16.1. The van der Waals surface area contributed by atoms with Gasteiger partial charge in [0, 0.05) is 6.42 Å². The molecule has 2 N–H and O–H groups in total. The molecular formula is C19H21N3O3. The molecule has 130 valence electrons. The summed E-state index contributed by atoms with van der Waals surface area (Å²) in [6.07, 6.45) is -0.360. The minimum atomic E-state index is -0.823. The first kappa shape index (κ1) is 18.3. The van der Waals surface area contributed by atoms with Gasteiger partial charge in [-0.25, -0.2) is 4.79 Å². The Labute approximate surface area is 146 Å². The normalized spacial score (nSPS) is 12.7. The standard InChI is InChI=1S/C19H21N3O3/c1-3-25-19(24)22-17(18(23)21-13(2)12-20)11-14-8-9-15-6-4-5-7-16(15)10-14/h4-10,13,17H,3,11H2,1-2H3,(H,21,23)(H,22,24). The largest absolute Gasteiger partial charge is 0.450 e. The van der Waals surface area contributed by atoms with Crippen LogP contribution in [-0.2, 0) is 16.0 Å². The van der Waals surface area contributed by atoms with Crippen LogP contribution in [0.4, 0.5) is 4.79 Å². The maximum atomic E-state index is 12.4. The number of alkyl carbamates (subject to hydrolysis) is 1. The smallest absolute Gasteiger partial charge is 0.407 e. The highest BCUT2D eigenvalue weighted by Gasteiger charge is 2.23. The van der Waals surface area contributed by atoms with Gasteiger partial charge in [-0.3, -0.25) is 4.79 Å². The summed E-state index contributed by atoms with van der Waals surface area (Å²) in [6, 6.07) is 14.3. The molecule has 2 aromatic rings. The molecule has 0 aliphatic rings. The van der Waals surface area contributed by atoms with Gasteiger partial charge in [0.25, 0.3) is 0 Å². The van der Waals surface area contributed by atoms with Crippen molar-refractivity contribution in [3.8, 4) is 6.07 Å². The van der Waals surface area contributed by atoms with E-state index < -0.39 is 24.1 Å². The molecule has 6 nitrogen and oxygen atoms in total. The second-order valence-corrected chi connectivity index (χ2v) is 5.66. The van der Waals surface area contributed by atoms with Gasteiger partial charge in [0.2, 0.25) is 5.91 Å². The molecule has 0 bridgehead atoms. The number of nitrogens with one attached hydrogen (secondary N) is 2. The SMILES string of the molecule is CCOC(=O)NC(Cc1ccc2ccccc2c1)C(=O)NC(C)C#N. The summed E-state index contributed by atoms with van der Waals surface area (Å²) in [6.45, 7) is 3.48. The Morgan fingerprint density at radius 1 is 1.16 bits per heavy atom. The zero-order valence-corrected chi connectivity index (χ0v) is 14.3. The van der Waals surface area contributed by atoms with Crippen molar-refractivity contribution in [2.75, 3.05) is 6.61 Å². The summed E-state index contributed by atoms with van der Waals surface area (Å²) >= 11 is 0. The van der Waals surface area contributed by atoms with Crippen molar-refractivity contribution in [3.63, 3.8) is 0 Å². The minimum Gasteiger partial charge on any atom is -0.450 e. The number of rotatable bonds is 6. The maximum Gasteiger partial charge on any atom is 0.407 e. The molecular weight excluding hydrogens is 318 g/mol. The molecule has 0 aliphatic carbocycles. The van der Waals surface area contributed by atoms with Gasteiger partial charge < -0.3 is 15.4 Å². The van der Waals surface area contributed by atoms with Crippen LogP contribution in [0, 0.1) is 11.3 Å². The first-order valence-corrected chi connectivity index (χ1v) is 8.14. The van der Waals surface area contributed by atoms with Gasteiger partial charge in [0.1, 0.15) is 12.1 Å². The molecule has 0 saturated heterocycles. The number of nitriles is 1. The lowest BCUT2D eigenvalue weighted by Gasteiger charge is -2.19. The first-order valence-electron chi connectivity index (χ1n) is 8.14. The Morgan fingerprint density at radius 3 is 2.56 bits per heavy atom. The third-order valence-corrected chi connectivity index (χ3v) is 3.69. The van der Waals surface area contributed by atoms with Gasteiger partial charge in [0.05, 0.1) is 12.7 Å². The number of amides is 2. The summed E-state index contributed by atoms with van der Waals surface area (Å²) in [7, 11) is 0. The van der Waals surface area contributed by atoms with E-state index >= 15 is 0 Å². The number of benzene rings is 2. The third-order valence-electron chi connectivity index (χ3n) is 3.69. The number of ether oxygens (including phenoxy) is 1. The van der Waals surface area contributed by atoms with Crippen LogP contribution in [-0.4, -0.2) is 30.7 Å². The molecule has 0 spiro atoms. The molecule has 2 aromatic carbocycles. The van der Waals surface area contributed by atoms with E-state index in [1.807, 2.05) is 48.5 Å². The zero-order valence-electron chi connectivity index (χ0n) is 14.3. The predicted molar refractivity (Wildman–Crippen MR) is 94.8 cm³/mol. The van der Waals surface area contributed by atoms with Gasteiger partial charge in [-0.2, -0.15) is 5.26 Å². The molecule has 25 heavy (non-hydrogen) atoms. The first-order chi connectivity index (χ1) is 12.0. The highest BCUT2D eigenvalue weighted by atomic mass is 16.5. The van der Waals surface area contributed by atoms with Crippen molar-refractivity contribution in [1.29, 1.82) is 5.26 Å². The van der Waals surface area contributed by atoms with E-state index in [1.165, 1.54) is 0 Å². The van der Waals surface area contributed by atoms with Crippen molar-refractivity contribution in [1.82, 2.24) is 10.6 Å². The molecule has 0 heterocycles. The Bertz CT molecular complexity index is 798. The summed E-state index contributed by atoms with van der Waals surface area (Å²) in [4.78, 5) is 24.1. The molecule has 2 rings (SSSR count). The average molecular weight is 339 g/mol. The fourth-order valence-corrected chi connectivity index (χ4v) is 2.47. The van der Waals surface area contributed by atoms with Crippen molar-refractivity contribution in [2.45, 2.75) is 32.4 Å². The van der Waals surface area contributed by atoms with Gasteiger partial charge >= 0.3 is 6.09 Å². The summed E-state index contributed by atoms with van der Waals surface area (Å²) in [5.41, 5.74) is 0.903. The lowest BCUT2D eigenvalue weighted by atomic mass is 10.0.